The monoisotopic (exact) mass is 240 g/mol. The molecule has 2 aromatic carbocycles. The molecule has 1 fully saturated rings. The smallest absolute Gasteiger partial charge is 0.0905 e. The van der Waals surface area contributed by atoms with Crippen LogP contribution in [0.4, 0.5) is 0 Å². The van der Waals surface area contributed by atoms with E-state index in [1.807, 2.05) is 0 Å². The van der Waals surface area contributed by atoms with E-state index in [9.17, 15) is 5.11 Å². The summed E-state index contributed by atoms with van der Waals surface area (Å²) in [5, 5.41) is 13.4. The predicted molar refractivity (Wildman–Crippen MR) is 75.5 cm³/mol. The Hall–Kier alpha value is -1.34. The lowest BCUT2D eigenvalue weighted by Gasteiger charge is -2.25. The van der Waals surface area contributed by atoms with Crippen molar-refractivity contribution >= 4 is 10.8 Å². The highest BCUT2D eigenvalue weighted by atomic mass is 16.3. The number of benzene rings is 2. The van der Waals surface area contributed by atoms with E-state index in [1.165, 1.54) is 17.2 Å². The molecular formula is C17H20O. The second kappa shape index (κ2) is 4.40. The summed E-state index contributed by atoms with van der Waals surface area (Å²) in [4.78, 5) is 0. The van der Waals surface area contributed by atoms with E-state index >= 15 is 0 Å². The summed E-state index contributed by atoms with van der Waals surface area (Å²) in [6, 6.07) is 14.6. The lowest BCUT2D eigenvalue weighted by Crippen LogP contribution is -2.22. The van der Waals surface area contributed by atoms with Crippen molar-refractivity contribution in [2.24, 2.45) is 5.92 Å². The Kier molecular flexibility index (Phi) is 2.87. The lowest BCUT2D eigenvalue weighted by atomic mass is 9.87. The van der Waals surface area contributed by atoms with Gasteiger partial charge in [-0.05, 0) is 41.5 Å². The average Bonchev–Trinajstić information content (AvgIpc) is 2.81. The van der Waals surface area contributed by atoms with Gasteiger partial charge in [0.1, 0.15) is 0 Å². The molecule has 1 aliphatic carbocycles. The summed E-state index contributed by atoms with van der Waals surface area (Å²) in [5.41, 5.74) is 0.512. The second-order valence-electron chi connectivity index (χ2n) is 5.58. The Morgan fingerprint density at radius 3 is 2.72 bits per heavy atom. The van der Waals surface area contributed by atoms with Crippen LogP contribution in [-0.2, 0) is 5.60 Å². The van der Waals surface area contributed by atoms with Crippen LogP contribution in [0.5, 0.6) is 0 Å². The molecule has 2 atom stereocenters. The van der Waals surface area contributed by atoms with Crippen molar-refractivity contribution in [3.8, 4) is 0 Å². The normalized spacial score (nSPS) is 27.8. The van der Waals surface area contributed by atoms with E-state index in [0.29, 0.717) is 5.92 Å². The zero-order valence-corrected chi connectivity index (χ0v) is 10.9. The fraction of sp³-hybridized carbons (Fsp3) is 0.412. The van der Waals surface area contributed by atoms with Crippen molar-refractivity contribution in [1.29, 1.82) is 0 Å². The van der Waals surface area contributed by atoms with E-state index in [2.05, 4.69) is 49.4 Å². The summed E-state index contributed by atoms with van der Waals surface area (Å²) < 4.78 is 0. The molecule has 94 valence electrons. The van der Waals surface area contributed by atoms with Crippen molar-refractivity contribution < 1.29 is 5.11 Å². The Morgan fingerprint density at radius 1 is 1.17 bits per heavy atom. The van der Waals surface area contributed by atoms with Crippen molar-refractivity contribution in [2.45, 2.75) is 38.2 Å². The summed E-state index contributed by atoms with van der Waals surface area (Å²) in [5.74, 6) is 0.675. The van der Waals surface area contributed by atoms with Crippen LogP contribution in [0.1, 0.15) is 38.2 Å². The maximum Gasteiger partial charge on any atom is 0.0905 e. The van der Waals surface area contributed by atoms with Crippen LogP contribution in [0.15, 0.2) is 42.5 Å². The van der Waals surface area contributed by atoms with Gasteiger partial charge < -0.3 is 5.11 Å². The van der Waals surface area contributed by atoms with Gasteiger partial charge in [0.05, 0.1) is 5.60 Å². The summed E-state index contributed by atoms with van der Waals surface area (Å²) in [6.45, 7) is 2.22. The molecule has 1 saturated carbocycles. The van der Waals surface area contributed by atoms with Crippen molar-refractivity contribution in [3.63, 3.8) is 0 Å². The van der Waals surface area contributed by atoms with Crippen molar-refractivity contribution in [1.82, 2.24) is 0 Å². The van der Waals surface area contributed by atoms with Crippen LogP contribution in [0, 0.1) is 5.92 Å². The van der Waals surface area contributed by atoms with E-state index in [4.69, 9.17) is 0 Å². The minimum atomic E-state index is -0.610. The Balaban J connectivity index is 2.09. The molecule has 0 saturated heterocycles. The van der Waals surface area contributed by atoms with E-state index in [1.54, 1.807) is 0 Å². The number of aliphatic hydroxyl groups is 1. The highest BCUT2D eigenvalue weighted by Gasteiger charge is 2.38. The molecule has 0 heterocycles. The Bertz CT molecular complexity index is 555. The molecule has 3 rings (SSSR count). The van der Waals surface area contributed by atoms with Crippen molar-refractivity contribution in [3.05, 3.63) is 48.0 Å². The number of fused-ring (bicyclic) bond motifs is 1. The molecule has 1 heteroatoms. The molecule has 2 aromatic rings. The molecular weight excluding hydrogens is 220 g/mol. The molecule has 1 aliphatic rings. The van der Waals surface area contributed by atoms with Crippen LogP contribution in [0.3, 0.4) is 0 Å². The fourth-order valence-electron chi connectivity index (χ4n) is 3.35. The highest BCUT2D eigenvalue weighted by molar-refractivity contribution is 5.86. The molecule has 0 bridgehead atoms. The number of hydrogen-bond acceptors (Lipinski definition) is 1. The van der Waals surface area contributed by atoms with Gasteiger partial charge in [-0.3, -0.25) is 0 Å². The topological polar surface area (TPSA) is 20.2 Å². The van der Waals surface area contributed by atoms with Gasteiger partial charge in [-0.15, -0.1) is 0 Å². The fourth-order valence-corrected chi connectivity index (χ4v) is 3.35. The number of rotatable bonds is 2. The summed E-state index contributed by atoms with van der Waals surface area (Å²) in [6.07, 6.45) is 4.14. The van der Waals surface area contributed by atoms with Crippen molar-refractivity contribution in [2.75, 3.05) is 0 Å². The van der Waals surface area contributed by atoms with Gasteiger partial charge >= 0.3 is 0 Å². The largest absolute Gasteiger partial charge is 0.385 e. The molecule has 0 radical (unpaired) electrons. The van der Waals surface area contributed by atoms with Gasteiger partial charge in [0.15, 0.2) is 0 Å². The van der Waals surface area contributed by atoms with Crippen LogP contribution in [0.25, 0.3) is 10.8 Å². The summed E-state index contributed by atoms with van der Waals surface area (Å²) >= 11 is 0. The van der Waals surface area contributed by atoms with Crippen LogP contribution >= 0.6 is 0 Å². The highest BCUT2D eigenvalue weighted by Crippen LogP contribution is 2.45. The quantitative estimate of drug-likeness (QED) is 0.832. The maximum atomic E-state index is 11.0. The third kappa shape index (κ3) is 1.83. The van der Waals surface area contributed by atoms with Gasteiger partial charge in [-0.2, -0.15) is 0 Å². The second-order valence-corrected chi connectivity index (χ2v) is 5.58. The van der Waals surface area contributed by atoms with Crippen LogP contribution in [-0.4, -0.2) is 5.11 Å². The molecule has 0 spiro atoms. The van der Waals surface area contributed by atoms with Crippen LogP contribution in [0.2, 0.25) is 0 Å². The molecule has 1 nitrogen and oxygen atoms in total. The minimum absolute atomic E-state index is 0.610. The lowest BCUT2D eigenvalue weighted by molar-refractivity contribution is 0.0413. The van der Waals surface area contributed by atoms with E-state index in [0.717, 1.165) is 24.8 Å². The van der Waals surface area contributed by atoms with Crippen LogP contribution < -0.4 is 0 Å². The maximum absolute atomic E-state index is 11.0. The Labute approximate surface area is 108 Å². The molecule has 0 amide bonds. The van der Waals surface area contributed by atoms with Gasteiger partial charge in [0.25, 0.3) is 0 Å². The molecule has 1 N–H and O–H groups in total. The molecule has 2 unspecified atom stereocenters. The average molecular weight is 240 g/mol. The standard InChI is InChI=1S/C17H20O/c1-2-13-10-11-17(18,12-13)16-9-5-7-14-6-3-4-8-15(14)16/h3-9,13,18H,2,10-12H2,1H3. The first kappa shape index (κ1) is 11.7. The third-order valence-electron chi connectivity index (χ3n) is 4.46. The Morgan fingerprint density at radius 2 is 1.94 bits per heavy atom. The SMILES string of the molecule is CCC1CCC(O)(c2cccc3ccccc23)C1. The molecule has 0 aliphatic heterocycles. The van der Waals surface area contributed by atoms with E-state index in [-0.39, 0.29) is 0 Å². The van der Waals surface area contributed by atoms with Gasteiger partial charge in [-0.1, -0.05) is 55.8 Å². The predicted octanol–water partition coefficient (Wildman–Crippen LogP) is 4.24. The van der Waals surface area contributed by atoms with E-state index < -0.39 is 5.60 Å². The third-order valence-corrected chi connectivity index (χ3v) is 4.46. The first-order chi connectivity index (χ1) is 8.73. The van der Waals surface area contributed by atoms with Gasteiger partial charge in [-0.25, -0.2) is 0 Å². The summed E-state index contributed by atoms with van der Waals surface area (Å²) in [7, 11) is 0. The first-order valence-electron chi connectivity index (χ1n) is 6.93. The van der Waals surface area contributed by atoms with Gasteiger partial charge in [0, 0.05) is 0 Å². The first-order valence-corrected chi connectivity index (χ1v) is 6.93. The zero-order valence-electron chi connectivity index (χ0n) is 10.9. The minimum Gasteiger partial charge on any atom is -0.385 e. The molecule has 18 heavy (non-hydrogen) atoms. The zero-order chi connectivity index (χ0) is 12.6. The van der Waals surface area contributed by atoms with Gasteiger partial charge in [0.2, 0.25) is 0 Å². The number of hydrogen-bond donors (Lipinski definition) is 1. The molecule has 0 aromatic heterocycles.